The normalized spacial score (nSPS) is 11.3. The molecule has 0 unspecified atom stereocenters. The number of phenolic OH excluding ortho intramolecular Hbond substituents is 1. The van der Waals surface area contributed by atoms with Crippen molar-refractivity contribution in [2.75, 3.05) is 0 Å². The summed E-state index contributed by atoms with van der Waals surface area (Å²) in [4.78, 5) is 0. The van der Waals surface area contributed by atoms with Gasteiger partial charge in [-0.15, -0.1) is 0 Å². The molecule has 6 aromatic rings. The van der Waals surface area contributed by atoms with Gasteiger partial charge in [-0.2, -0.15) is 0 Å². The van der Waals surface area contributed by atoms with Crippen molar-refractivity contribution < 1.29 is 5.11 Å². The highest BCUT2D eigenvalue weighted by molar-refractivity contribution is 5.99. The minimum atomic E-state index is -0.0827. The number of hydrogen-bond donors (Lipinski definition) is 13. The van der Waals surface area contributed by atoms with Crippen LogP contribution in [0, 0.1) is 32.5 Å². The Bertz CT molecular complexity index is 2680. The van der Waals surface area contributed by atoms with E-state index in [2.05, 4.69) is 6.08 Å². The molecule has 7 rings (SSSR count). The fourth-order valence-electron chi connectivity index (χ4n) is 6.11. The first-order valence-electron chi connectivity index (χ1n) is 19.1. The lowest BCUT2D eigenvalue weighted by Gasteiger charge is -2.05. The summed E-state index contributed by atoms with van der Waals surface area (Å²) < 4.78 is 0. The Balaban J connectivity index is 0.000000176. The second-order valence-electron chi connectivity index (χ2n) is 14.1. The van der Waals surface area contributed by atoms with Crippen molar-refractivity contribution in [1.29, 1.82) is 32.5 Å². The van der Waals surface area contributed by atoms with Crippen molar-refractivity contribution >= 4 is 71.0 Å². The zero-order chi connectivity index (χ0) is 44.9. The number of nitrogen functional groups attached to an aromatic ring is 6. The van der Waals surface area contributed by atoms with Gasteiger partial charge in [0.05, 0.1) is 0 Å². The molecule has 1 aliphatic rings. The number of phenols is 1. The molecular formula is C49H48N12O. The topological polar surface area (TPSA) is 319 Å². The summed E-state index contributed by atoms with van der Waals surface area (Å²) in [5.74, 6) is 0.331. The summed E-state index contributed by atoms with van der Waals surface area (Å²) >= 11 is 0. The number of rotatable bonds is 11. The third kappa shape index (κ3) is 12.1. The lowest BCUT2D eigenvalue weighted by Crippen LogP contribution is -2.11. The third-order valence-corrected chi connectivity index (χ3v) is 9.66. The predicted molar refractivity (Wildman–Crippen MR) is 256 cm³/mol. The molecule has 0 amide bonds. The Hall–Kier alpha value is -8.84. The van der Waals surface area contributed by atoms with Gasteiger partial charge in [-0.25, -0.2) is 0 Å². The Morgan fingerprint density at radius 1 is 0.403 bits per heavy atom. The molecule has 0 aliphatic heterocycles. The molecule has 19 N–H and O–H groups in total. The van der Waals surface area contributed by atoms with Gasteiger partial charge in [0.25, 0.3) is 0 Å². The number of nitrogens with one attached hydrogen (secondary N) is 6. The highest BCUT2D eigenvalue weighted by Crippen LogP contribution is 2.32. The summed E-state index contributed by atoms with van der Waals surface area (Å²) in [7, 11) is 0. The van der Waals surface area contributed by atoms with Crippen LogP contribution < -0.4 is 34.4 Å². The molecule has 13 heteroatoms. The molecule has 0 fully saturated rings. The van der Waals surface area contributed by atoms with E-state index in [1.54, 1.807) is 30.3 Å². The van der Waals surface area contributed by atoms with Gasteiger partial charge in [0, 0.05) is 38.9 Å². The summed E-state index contributed by atoms with van der Waals surface area (Å²) in [5.41, 5.74) is 45.0. The molecule has 6 aromatic carbocycles. The second-order valence-corrected chi connectivity index (χ2v) is 14.1. The van der Waals surface area contributed by atoms with Crippen molar-refractivity contribution in [3.8, 4) is 5.75 Å². The van der Waals surface area contributed by atoms with Gasteiger partial charge < -0.3 is 39.5 Å². The van der Waals surface area contributed by atoms with Crippen LogP contribution in [-0.4, -0.2) is 40.1 Å². The number of benzene rings is 6. The Morgan fingerprint density at radius 3 is 1.13 bits per heavy atom. The lowest BCUT2D eigenvalue weighted by molar-refractivity contribution is 0.474. The lowest BCUT2D eigenvalue weighted by atomic mass is 10.0. The Kier molecular flexibility index (Phi) is 14.4. The maximum atomic E-state index is 9.89. The van der Waals surface area contributed by atoms with E-state index in [0.717, 1.165) is 39.8 Å². The number of hydrogen-bond acceptors (Lipinski definition) is 7. The third-order valence-electron chi connectivity index (χ3n) is 9.66. The largest absolute Gasteiger partial charge is 0.507 e. The fourth-order valence-corrected chi connectivity index (χ4v) is 6.11. The van der Waals surface area contributed by atoms with Crippen LogP contribution in [0.2, 0.25) is 0 Å². The molecule has 0 saturated heterocycles. The van der Waals surface area contributed by atoms with Crippen LogP contribution in [0.1, 0.15) is 72.3 Å². The first-order valence-corrected chi connectivity index (χ1v) is 19.1. The van der Waals surface area contributed by atoms with Crippen LogP contribution >= 0.6 is 0 Å². The van der Waals surface area contributed by atoms with Crippen molar-refractivity contribution in [2.24, 2.45) is 34.4 Å². The number of nitrogens with two attached hydrogens (primary N) is 6. The molecule has 1 aliphatic carbocycles. The van der Waals surface area contributed by atoms with Crippen molar-refractivity contribution in [1.82, 2.24) is 0 Å². The molecule has 0 aromatic heterocycles. The highest BCUT2D eigenvalue weighted by atomic mass is 16.3. The highest BCUT2D eigenvalue weighted by Gasteiger charge is 2.15. The van der Waals surface area contributed by atoms with Gasteiger partial charge in [0.2, 0.25) is 0 Å². The van der Waals surface area contributed by atoms with Crippen LogP contribution in [0.5, 0.6) is 5.75 Å². The van der Waals surface area contributed by atoms with Crippen molar-refractivity contribution in [3.05, 3.63) is 206 Å². The minimum Gasteiger partial charge on any atom is -0.507 e. The van der Waals surface area contributed by atoms with Crippen LogP contribution in [0.25, 0.3) is 36.0 Å². The average molecular weight is 821 g/mol. The number of amidine groups is 6. The molecule has 0 bridgehead atoms. The monoisotopic (exact) mass is 820 g/mol. The van der Waals surface area contributed by atoms with Crippen molar-refractivity contribution in [2.45, 2.75) is 6.42 Å². The summed E-state index contributed by atoms with van der Waals surface area (Å²) in [5, 5.41) is 54.1. The van der Waals surface area contributed by atoms with Gasteiger partial charge >= 0.3 is 0 Å². The zero-order valence-electron chi connectivity index (χ0n) is 33.7. The van der Waals surface area contributed by atoms with Gasteiger partial charge in [0.1, 0.15) is 40.8 Å². The van der Waals surface area contributed by atoms with E-state index in [1.807, 2.05) is 121 Å². The summed E-state index contributed by atoms with van der Waals surface area (Å²) in [6, 6.07) is 40.5. The van der Waals surface area contributed by atoms with E-state index < -0.39 is 0 Å². The number of aromatic hydroxyl groups is 1. The summed E-state index contributed by atoms with van der Waals surface area (Å²) in [6.07, 6.45) is 10.5. The first-order chi connectivity index (χ1) is 29.6. The summed E-state index contributed by atoms with van der Waals surface area (Å²) in [6.45, 7) is 0. The van der Waals surface area contributed by atoms with E-state index in [4.69, 9.17) is 66.9 Å². The van der Waals surface area contributed by atoms with Gasteiger partial charge in [-0.3, -0.25) is 32.5 Å². The van der Waals surface area contributed by atoms with Gasteiger partial charge in [-0.05, 0) is 57.5 Å². The van der Waals surface area contributed by atoms with Gasteiger partial charge in [-0.1, -0.05) is 152 Å². The van der Waals surface area contributed by atoms with E-state index in [-0.39, 0.29) is 40.8 Å². The van der Waals surface area contributed by atoms with E-state index in [0.29, 0.717) is 27.8 Å². The molecule has 0 saturated carbocycles. The molecule has 62 heavy (non-hydrogen) atoms. The molecule has 0 atom stereocenters. The van der Waals surface area contributed by atoms with Crippen LogP contribution in [-0.2, 0) is 6.42 Å². The Labute approximate surface area is 359 Å². The maximum absolute atomic E-state index is 9.89. The van der Waals surface area contributed by atoms with E-state index in [9.17, 15) is 5.11 Å². The first kappa shape index (κ1) is 44.3. The van der Waals surface area contributed by atoms with Gasteiger partial charge in [0.15, 0.2) is 0 Å². The smallest absolute Gasteiger partial charge is 0.123 e. The fraction of sp³-hybridized carbons (Fsp3) is 0.0204. The Morgan fingerprint density at radius 2 is 0.742 bits per heavy atom. The van der Waals surface area contributed by atoms with E-state index in [1.165, 1.54) is 22.8 Å². The maximum Gasteiger partial charge on any atom is 0.123 e. The molecule has 310 valence electrons. The van der Waals surface area contributed by atoms with Crippen molar-refractivity contribution in [3.63, 3.8) is 0 Å². The molecule has 13 nitrogen and oxygen atoms in total. The molecular weight excluding hydrogens is 773 g/mol. The van der Waals surface area contributed by atoms with E-state index >= 15 is 0 Å². The molecule has 0 heterocycles. The second kappa shape index (κ2) is 20.2. The molecule has 0 spiro atoms. The predicted octanol–water partition coefficient (Wildman–Crippen LogP) is 6.91. The average Bonchev–Trinajstić information content (AvgIpc) is 3.70. The SMILES string of the molecule is N=C(N)c1ccc(/C=C/c2ccc(C(=N)N)cc2)cc1.N=C(N)c1ccc(/C=C/c2ccc(C(=N)N)cc2O)cc1.N=C(N)c1ccc(C2=Cc3ccc(C(=N)N)cc3C2)cc1. The molecule has 0 radical (unpaired) electrons. The number of allylic oxidation sites excluding steroid dienone is 1. The quantitative estimate of drug-likeness (QED) is 0.0372. The number of fused-ring (bicyclic) bond motifs is 1. The minimum absolute atomic E-state index is 0.0306. The standard InChI is InChI=1S/C17H16N4.C16H16N4O.C16H16N4/c18-16(19)11-3-1-10(2-4-11)14-7-12-5-6-13(17(20)21)8-15(12)9-14;17-15(18)12-5-2-10(3-6-12)1-4-11-7-8-13(16(19)20)9-14(11)21;17-15(18)13-7-3-11(4-8-13)1-2-12-5-9-14(10-6-12)16(19)20/h1-8H,9H2,(H3,18,19)(H3,20,21);1-9,21H,(H3,17,18)(H3,19,20);1-10H,(H3,17,18)(H3,19,20)/b;4-1+;2-1+. The van der Waals surface area contributed by atoms with Crippen LogP contribution in [0.3, 0.4) is 0 Å². The van der Waals surface area contributed by atoms with Crippen LogP contribution in [0.15, 0.2) is 133 Å². The zero-order valence-corrected chi connectivity index (χ0v) is 33.7. The van der Waals surface area contributed by atoms with Crippen LogP contribution in [0.4, 0.5) is 0 Å².